The molecule has 0 aromatic heterocycles. The van der Waals surface area contributed by atoms with Crippen molar-refractivity contribution in [2.24, 2.45) is 0 Å². The van der Waals surface area contributed by atoms with Gasteiger partial charge < -0.3 is 9.47 Å². The maximum Gasteiger partial charge on any atom is 0.178 e. The molecule has 0 saturated carbocycles. The van der Waals surface area contributed by atoms with Crippen LogP contribution in [0.5, 0.6) is 11.5 Å². The van der Waals surface area contributed by atoms with E-state index in [-0.39, 0.29) is 0 Å². The smallest absolute Gasteiger partial charge is 0.178 e. The molecule has 4 rings (SSSR count). The molecule has 2 nitrogen and oxygen atoms in total. The van der Waals surface area contributed by atoms with Crippen molar-refractivity contribution in [2.75, 3.05) is 7.11 Å². The zero-order chi connectivity index (χ0) is 17.3. The molecule has 1 aliphatic rings. The SMILES string of the molecule is COc1cc2c(cc1C)C=CC(c1ccccc1)(c1ccccc1)O2. The zero-order valence-electron chi connectivity index (χ0n) is 14.4. The van der Waals surface area contributed by atoms with E-state index >= 15 is 0 Å². The minimum absolute atomic E-state index is 0.643. The van der Waals surface area contributed by atoms with E-state index in [2.05, 4.69) is 42.5 Å². The third-order valence-corrected chi connectivity index (χ3v) is 4.70. The second-order valence-electron chi connectivity index (χ2n) is 6.26. The molecule has 0 atom stereocenters. The van der Waals surface area contributed by atoms with Gasteiger partial charge in [0, 0.05) is 22.8 Å². The van der Waals surface area contributed by atoms with Crippen LogP contribution in [0.25, 0.3) is 6.08 Å². The molecule has 0 bridgehead atoms. The monoisotopic (exact) mass is 328 g/mol. The van der Waals surface area contributed by atoms with Gasteiger partial charge in [0.15, 0.2) is 5.60 Å². The second kappa shape index (κ2) is 6.14. The van der Waals surface area contributed by atoms with E-state index in [0.29, 0.717) is 0 Å². The zero-order valence-corrected chi connectivity index (χ0v) is 14.4. The third-order valence-electron chi connectivity index (χ3n) is 4.70. The Morgan fingerprint density at radius 3 is 2.00 bits per heavy atom. The highest BCUT2D eigenvalue weighted by Crippen LogP contribution is 2.43. The summed E-state index contributed by atoms with van der Waals surface area (Å²) in [6, 6.07) is 24.7. The van der Waals surface area contributed by atoms with Gasteiger partial charge in [0.1, 0.15) is 11.5 Å². The lowest BCUT2D eigenvalue weighted by Gasteiger charge is -2.36. The van der Waals surface area contributed by atoms with Crippen LogP contribution < -0.4 is 9.47 Å². The van der Waals surface area contributed by atoms with E-state index in [4.69, 9.17) is 9.47 Å². The molecular weight excluding hydrogens is 308 g/mol. The highest BCUT2D eigenvalue weighted by Gasteiger charge is 2.37. The average Bonchev–Trinajstić information content (AvgIpc) is 2.68. The first-order valence-corrected chi connectivity index (χ1v) is 8.41. The Balaban J connectivity index is 1.91. The van der Waals surface area contributed by atoms with Crippen molar-refractivity contribution >= 4 is 6.08 Å². The summed E-state index contributed by atoms with van der Waals surface area (Å²) in [7, 11) is 1.69. The minimum atomic E-state index is -0.643. The van der Waals surface area contributed by atoms with Crippen LogP contribution in [-0.2, 0) is 5.60 Å². The summed E-state index contributed by atoms with van der Waals surface area (Å²) in [4.78, 5) is 0. The van der Waals surface area contributed by atoms with Crippen LogP contribution in [0.2, 0.25) is 0 Å². The van der Waals surface area contributed by atoms with E-state index in [1.807, 2.05) is 49.4 Å². The van der Waals surface area contributed by atoms with Gasteiger partial charge in [-0.25, -0.2) is 0 Å². The first kappa shape index (κ1) is 15.5. The number of methoxy groups -OCH3 is 1. The Morgan fingerprint density at radius 2 is 1.44 bits per heavy atom. The van der Waals surface area contributed by atoms with Gasteiger partial charge in [0.2, 0.25) is 0 Å². The quantitative estimate of drug-likeness (QED) is 0.645. The summed E-state index contributed by atoms with van der Waals surface area (Å²) in [5, 5.41) is 0. The number of fused-ring (bicyclic) bond motifs is 1. The average molecular weight is 328 g/mol. The third kappa shape index (κ3) is 2.60. The Kier molecular flexibility index (Phi) is 3.81. The summed E-state index contributed by atoms with van der Waals surface area (Å²) in [6.45, 7) is 2.04. The number of hydrogen-bond donors (Lipinski definition) is 0. The summed E-state index contributed by atoms with van der Waals surface area (Å²) < 4.78 is 12.1. The number of aryl methyl sites for hydroxylation is 1. The molecule has 3 aromatic rings. The highest BCUT2D eigenvalue weighted by molar-refractivity contribution is 5.67. The first-order valence-electron chi connectivity index (χ1n) is 8.41. The molecule has 0 fully saturated rings. The van der Waals surface area contributed by atoms with Crippen LogP contribution in [0.15, 0.2) is 78.9 Å². The lowest BCUT2D eigenvalue weighted by atomic mass is 9.83. The van der Waals surface area contributed by atoms with Crippen LogP contribution in [0.1, 0.15) is 22.3 Å². The number of ether oxygens (including phenoxy) is 2. The van der Waals surface area contributed by atoms with Crippen LogP contribution >= 0.6 is 0 Å². The molecule has 0 amide bonds. The summed E-state index contributed by atoms with van der Waals surface area (Å²) in [5.41, 5.74) is 3.72. The van der Waals surface area contributed by atoms with Gasteiger partial charge in [-0.15, -0.1) is 0 Å². The normalized spacial score (nSPS) is 14.5. The Bertz CT molecular complexity index is 872. The Hall–Kier alpha value is -3.00. The molecule has 0 unspecified atom stereocenters. The maximum absolute atomic E-state index is 6.62. The van der Waals surface area contributed by atoms with Gasteiger partial charge >= 0.3 is 0 Å². The van der Waals surface area contributed by atoms with Gasteiger partial charge in [-0.3, -0.25) is 0 Å². The van der Waals surface area contributed by atoms with Gasteiger partial charge in [0.25, 0.3) is 0 Å². The molecule has 3 aromatic carbocycles. The van der Waals surface area contributed by atoms with Crippen molar-refractivity contribution in [3.05, 3.63) is 101 Å². The van der Waals surface area contributed by atoms with Crippen LogP contribution in [0.3, 0.4) is 0 Å². The van der Waals surface area contributed by atoms with Crippen molar-refractivity contribution in [2.45, 2.75) is 12.5 Å². The lowest BCUT2D eigenvalue weighted by molar-refractivity contribution is 0.160. The van der Waals surface area contributed by atoms with Crippen molar-refractivity contribution < 1.29 is 9.47 Å². The molecule has 25 heavy (non-hydrogen) atoms. The molecule has 2 heteroatoms. The molecule has 0 N–H and O–H groups in total. The molecule has 0 saturated heterocycles. The van der Waals surface area contributed by atoms with E-state index in [0.717, 1.165) is 33.8 Å². The minimum Gasteiger partial charge on any atom is -0.496 e. The standard InChI is InChI=1S/C23H20O2/c1-17-15-18-13-14-23(19-9-5-3-6-10-19,20-11-7-4-8-12-20)25-22(18)16-21(17)24-2/h3-16H,1-2H3. The predicted molar refractivity (Wildman–Crippen MR) is 101 cm³/mol. The first-order chi connectivity index (χ1) is 12.2. The van der Waals surface area contributed by atoms with Gasteiger partial charge in [-0.2, -0.15) is 0 Å². The Labute approximate surface area is 148 Å². The van der Waals surface area contributed by atoms with Crippen molar-refractivity contribution in [1.29, 1.82) is 0 Å². The van der Waals surface area contributed by atoms with Gasteiger partial charge in [-0.1, -0.05) is 66.7 Å². The van der Waals surface area contributed by atoms with Crippen LogP contribution in [-0.4, -0.2) is 7.11 Å². The lowest BCUT2D eigenvalue weighted by Crippen LogP contribution is -2.34. The van der Waals surface area contributed by atoms with E-state index in [1.165, 1.54) is 0 Å². The Morgan fingerprint density at radius 1 is 0.840 bits per heavy atom. The topological polar surface area (TPSA) is 18.5 Å². The number of rotatable bonds is 3. The molecule has 1 aliphatic heterocycles. The molecule has 124 valence electrons. The predicted octanol–water partition coefficient (Wildman–Crippen LogP) is 5.35. The molecular formula is C23H20O2. The van der Waals surface area contributed by atoms with Crippen molar-refractivity contribution in [3.63, 3.8) is 0 Å². The fraction of sp³-hybridized carbons (Fsp3) is 0.130. The fourth-order valence-electron chi connectivity index (χ4n) is 3.39. The maximum atomic E-state index is 6.62. The van der Waals surface area contributed by atoms with Crippen LogP contribution in [0, 0.1) is 6.92 Å². The van der Waals surface area contributed by atoms with E-state index in [1.54, 1.807) is 7.11 Å². The highest BCUT2D eigenvalue weighted by atomic mass is 16.5. The number of hydrogen-bond acceptors (Lipinski definition) is 2. The van der Waals surface area contributed by atoms with Gasteiger partial charge in [0.05, 0.1) is 7.11 Å². The van der Waals surface area contributed by atoms with Crippen LogP contribution in [0.4, 0.5) is 0 Å². The molecule has 0 aliphatic carbocycles. The number of benzene rings is 3. The van der Waals surface area contributed by atoms with Crippen molar-refractivity contribution in [1.82, 2.24) is 0 Å². The summed E-state index contributed by atoms with van der Waals surface area (Å²) >= 11 is 0. The van der Waals surface area contributed by atoms with E-state index < -0.39 is 5.60 Å². The van der Waals surface area contributed by atoms with E-state index in [9.17, 15) is 0 Å². The molecule has 0 spiro atoms. The summed E-state index contributed by atoms with van der Waals surface area (Å²) in [6.07, 6.45) is 4.29. The fourth-order valence-corrected chi connectivity index (χ4v) is 3.39. The second-order valence-corrected chi connectivity index (χ2v) is 6.26. The summed E-state index contributed by atoms with van der Waals surface area (Å²) in [5.74, 6) is 1.67. The largest absolute Gasteiger partial charge is 0.496 e. The van der Waals surface area contributed by atoms with Gasteiger partial charge in [-0.05, 0) is 24.6 Å². The molecule has 1 heterocycles. The van der Waals surface area contributed by atoms with Crippen molar-refractivity contribution in [3.8, 4) is 11.5 Å². The molecule has 0 radical (unpaired) electrons.